The third-order valence-electron chi connectivity index (χ3n) is 3.58. The molecule has 6 nitrogen and oxygen atoms in total. The maximum atomic E-state index is 12.6. The molecule has 0 bridgehead atoms. The quantitative estimate of drug-likeness (QED) is 0.602. The van der Waals surface area contributed by atoms with Crippen molar-refractivity contribution in [1.82, 2.24) is 9.21 Å². The van der Waals surface area contributed by atoms with E-state index in [9.17, 15) is 18.0 Å². The van der Waals surface area contributed by atoms with Gasteiger partial charge in [-0.2, -0.15) is 4.31 Å². The van der Waals surface area contributed by atoms with E-state index in [4.69, 9.17) is 11.6 Å². The first-order chi connectivity index (χ1) is 10.4. The number of carbonyl (C=O) groups is 2. The second-order valence-corrected chi connectivity index (χ2v) is 7.21. The van der Waals surface area contributed by atoms with E-state index in [1.54, 1.807) is 17.0 Å². The fraction of sp³-hybridized carbons (Fsp3) is 0.429. The molecule has 1 amide bonds. The number of carbonyl (C=O) groups excluding carboxylic acids is 2. The third kappa shape index (κ3) is 3.48. The summed E-state index contributed by atoms with van der Waals surface area (Å²) in [6.07, 6.45) is 0. The highest BCUT2D eigenvalue weighted by molar-refractivity contribution is 7.89. The summed E-state index contributed by atoms with van der Waals surface area (Å²) in [7, 11) is -3.66. The summed E-state index contributed by atoms with van der Waals surface area (Å²) in [5, 5.41) is 0. The van der Waals surface area contributed by atoms with Crippen LogP contribution in [0.5, 0.6) is 0 Å². The molecule has 120 valence electrons. The van der Waals surface area contributed by atoms with Crippen LogP contribution in [0.3, 0.4) is 0 Å². The molecule has 0 spiro atoms. The molecular weight excluding hydrogens is 328 g/mol. The van der Waals surface area contributed by atoms with Gasteiger partial charge in [0.05, 0.1) is 4.90 Å². The van der Waals surface area contributed by atoms with Gasteiger partial charge in [0.15, 0.2) is 5.78 Å². The first-order valence-corrected chi connectivity index (χ1v) is 8.78. The molecule has 0 atom stereocenters. The summed E-state index contributed by atoms with van der Waals surface area (Å²) in [6, 6.07) is 5.99. The molecule has 0 saturated carbocycles. The standard InChI is InChI=1S/C14H17ClN2O4S/c1-11(18)12-3-2-4-13(9-12)22(20,21)17-7-5-16(6-8-17)14(19)10-15/h2-4,9H,5-8,10H2,1H3. The van der Waals surface area contributed by atoms with Gasteiger partial charge in [-0.15, -0.1) is 11.6 Å². The van der Waals surface area contributed by atoms with Crippen LogP contribution in [0.4, 0.5) is 0 Å². The molecule has 1 fully saturated rings. The van der Waals surface area contributed by atoms with E-state index < -0.39 is 10.0 Å². The predicted octanol–water partition coefficient (Wildman–Crippen LogP) is 0.961. The number of rotatable bonds is 4. The van der Waals surface area contributed by atoms with Gasteiger partial charge in [0.25, 0.3) is 0 Å². The van der Waals surface area contributed by atoms with E-state index in [1.165, 1.54) is 23.4 Å². The molecule has 1 aliphatic heterocycles. The van der Waals surface area contributed by atoms with Gasteiger partial charge in [0.2, 0.25) is 15.9 Å². The van der Waals surface area contributed by atoms with Gasteiger partial charge >= 0.3 is 0 Å². The van der Waals surface area contributed by atoms with Crippen molar-refractivity contribution < 1.29 is 18.0 Å². The number of hydrogen-bond acceptors (Lipinski definition) is 4. The SMILES string of the molecule is CC(=O)c1cccc(S(=O)(=O)N2CCN(C(=O)CCl)CC2)c1. The zero-order chi connectivity index (χ0) is 16.3. The Kier molecular flexibility index (Phi) is 5.20. The molecule has 2 rings (SSSR count). The number of sulfonamides is 1. The van der Waals surface area contributed by atoms with E-state index in [0.717, 1.165) is 0 Å². The van der Waals surface area contributed by atoms with Crippen molar-refractivity contribution in [3.05, 3.63) is 29.8 Å². The first kappa shape index (κ1) is 16.9. The van der Waals surface area contributed by atoms with Crippen LogP contribution < -0.4 is 0 Å². The fourth-order valence-corrected chi connectivity index (χ4v) is 3.92. The molecule has 1 aliphatic rings. The van der Waals surface area contributed by atoms with E-state index in [1.807, 2.05) is 0 Å². The zero-order valence-corrected chi connectivity index (χ0v) is 13.7. The average Bonchev–Trinajstić information content (AvgIpc) is 2.54. The monoisotopic (exact) mass is 344 g/mol. The second-order valence-electron chi connectivity index (χ2n) is 5.00. The Bertz CT molecular complexity index is 682. The first-order valence-electron chi connectivity index (χ1n) is 6.81. The highest BCUT2D eigenvalue weighted by Crippen LogP contribution is 2.19. The lowest BCUT2D eigenvalue weighted by Gasteiger charge is -2.33. The van der Waals surface area contributed by atoms with Gasteiger partial charge in [0, 0.05) is 31.7 Å². The fourth-order valence-electron chi connectivity index (χ4n) is 2.29. The van der Waals surface area contributed by atoms with Crippen LogP contribution in [-0.2, 0) is 14.8 Å². The van der Waals surface area contributed by atoms with Gasteiger partial charge in [-0.25, -0.2) is 8.42 Å². The van der Waals surface area contributed by atoms with Gasteiger partial charge in [-0.1, -0.05) is 12.1 Å². The molecular formula is C14H17ClN2O4S. The number of halogens is 1. The number of Topliss-reactive ketones (excluding diaryl/α,β-unsaturated/α-hetero) is 1. The molecule has 8 heteroatoms. The van der Waals surface area contributed by atoms with Gasteiger partial charge in [-0.3, -0.25) is 9.59 Å². The molecule has 0 unspecified atom stereocenters. The Morgan fingerprint density at radius 1 is 1.18 bits per heavy atom. The number of benzene rings is 1. The second kappa shape index (κ2) is 6.76. The van der Waals surface area contributed by atoms with Gasteiger partial charge in [0.1, 0.15) is 5.88 Å². The maximum absolute atomic E-state index is 12.6. The number of piperazine rings is 1. The minimum atomic E-state index is -3.66. The Balaban J connectivity index is 2.17. The number of nitrogens with zero attached hydrogens (tertiary/aromatic N) is 2. The zero-order valence-electron chi connectivity index (χ0n) is 12.2. The van der Waals surface area contributed by atoms with E-state index in [0.29, 0.717) is 18.7 Å². The van der Waals surface area contributed by atoms with Crippen LogP contribution >= 0.6 is 11.6 Å². The van der Waals surface area contributed by atoms with E-state index in [-0.39, 0.29) is 35.6 Å². The number of ketones is 1. The molecule has 0 aromatic heterocycles. The smallest absolute Gasteiger partial charge is 0.243 e. The van der Waals surface area contributed by atoms with Crippen molar-refractivity contribution in [3.63, 3.8) is 0 Å². The van der Waals surface area contributed by atoms with Crippen LogP contribution in [-0.4, -0.2) is 61.4 Å². The molecule has 0 radical (unpaired) electrons. The van der Waals surface area contributed by atoms with Crippen molar-refractivity contribution in [1.29, 1.82) is 0 Å². The van der Waals surface area contributed by atoms with Crippen LogP contribution in [0.2, 0.25) is 0 Å². The summed E-state index contributed by atoms with van der Waals surface area (Å²) >= 11 is 5.50. The van der Waals surface area contributed by atoms with Gasteiger partial charge < -0.3 is 4.90 Å². The van der Waals surface area contributed by atoms with E-state index in [2.05, 4.69) is 0 Å². The van der Waals surface area contributed by atoms with Gasteiger partial charge in [-0.05, 0) is 19.1 Å². The normalized spacial score (nSPS) is 16.5. The molecule has 22 heavy (non-hydrogen) atoms. The largest absolute Gasteiger partial charge is 0.339 e. The maximum Gasteiger partial charge on any atom is 0.243 e. The number of alkyl halides is 1. The Morgan fingerprint density at radius 3 is 2.36 bits per heavy atom. The summed E-state index contributed by atoms with van der Waals surface area (Å²) < 4.78 is 26.5. The predicted molar refractivity (Wildman–Crippen MR) is 82.5 cm³/mol. The van der Waals surface area contributed by atoms with Crippen LogP contribution in [0, 0.1) is 0 Å². The van der Waals surface area contributed by atoms with Crippen molar-refractivity contribution in [2.24, 2.45) is 0 Å². The lowest BCUT2D eigenvalue weighted by molar-refractivity contribution is -0.129. The Hall–Kier alpha value is -1.44. The average molecular weight is 345 g/mol. The van der Waals surface area contributed by atoms with E-state index >= 15 is 0 Å². The highest BCUT2D eigenvalue weighted by atomic mass is 35.5. The summed E-state index contributed by atoms with van der Waals surface area (Å²) in [5.41, 5.74) is 0.358. The van der Waals surface area contributed by atoms with Crippen molar-refractivity contribution in [3.8, 4) is 0 Å². The number of hydrogen-bond donors (Lipinski definition) is 0. The Morgan fingerprint density at radius 2 is 1.82 bits per heavy atom. The third-order valence-corrected chi connectivity index (χ3v) is 5.71. The lowest BCUT2D eigenvalue weighted by atomic mass is 10.2. The molecule has 1 saturated heterocycles. The summed E-state index contributed by atoms with van der Waals surface area (Å²) in [4.78, 5) is 24.5. The summed E-state index contributed by atoms with van der Waals surface area (Å²) in [6.45, 7) is 2.46. The van der Waals surface area contributed by atoms with Crippen molar-refractivity contribution in [2.45, 2.75) is 11.8 Å². The molecule has 1 aromatic rings. The van der Waals surface area contributed by atoms with Crippen molar-refractivity contribution >= 4 is 33.3 Å². The molecule has 0 N–H and O–H groups in total. The minimum absolute atomic E-state index is 0.0947. The molecule has 1 heterocycles. The molecule has 0 aliphatic carbocycles. The summed E-state index contributed by atoms with van der Waals surface area (Å²) in [5.74, 6) is -0.486. The lowest BCUT2D eigenvalue weighted by Crippen LogP contribution is -2.50. The van der Waals surface area contributed by atoms with Crippen molar-refractivity contribution in [2.75, 3.05) is 32.1 Å². The highest BCUT2D eigenvalue weighted by Gasteiger charge is 2.30. The minimum Gasteiger partial charge on any atom is -0.339 e. The van der Waals surface area contributed by atoms with Crippen LogP contribution in [0.15, 0.2) is 29.2 Å². The van der Waals surface area contributed by atoms with Crippen LogP contribution in [0.1, 0.15) is 17.3 Å². The Labute approximate surface area is 134 Å². The topological polar surface area (TPSA) is 74.8 Å². The van der Waals surface area contributed by atoms with Crippen LogP contribution in [0.25, 0.3) is 0 Å². The number of amides is 1. The molecule has 1 aromatic carbocycles.